The smallest absolute Gasteiger partial charge is 0.382 e. The van der Waals surface area contributed by atoms with Crippen molar-refractivity contribution in [2.45, 2.75) is 41.0 Å². The van der Waals surface area contributed by atoms with Crippen molar-refractivity contribution in [3.63, 3.8) is 0 Å². The number of amides is 2. The Balaban J connectivity index is 1.56. The molecule has 0 unspecified atom stereocenters. The van der Waals surface area contributed by atoms with Crippen molar-refractivity contribution in [3.05, 3.63) is 71.4 Å². The van der Waals surface area contributed by atoms with Crippen LogP contribution >= 0.6 is 11.8 Å². The molecule has 2 amide bonds. The van der Waals surface area contributed by atoms with Gasteiger partial charge in [0.2, 0.25) is 11.8 Å². The molecule has 44 heavy (non-hydrogen) atoms. The number of nitrogens with one attached hydrogen (secondary N) is 2. The zero-order valence-corrected chi connectivity index (χ0v) is 24.4. The Labute approximate surface area is 253 Å². The van der Waals surface area contributed by atoms with Crippen molar-refractivity contribution in [3.8, 4) is 0 Å². The SMILES string of the molecule is COCC(=O)N1CCC(Nc2cccc(Sc3ccc(/C=C/C(=O)Nc4ccnn4C)c(C(F)(F)F)c3C(F)(F)F)c2)CC1. The zero-order chi connectivity index (χ0) is 32.1. The maximum absolute atomic E-state index is 14.3. The van der Waals surface area contributed by atoms with Crippen LogP contribution in [0.15, 0.2) is 64.5 Å². The summed E-state index contributed by atoms with van der Waals surface area (Å²) in [6.45, 7) is 1.01. The maximum Gasteiger partial charge on any atom is 0.418 e. The Hall–Kier alpha value is -3.98. The normalized spacial score (nSPS) is 14.7. The summed E-state index contributed by atoms with van der Waals surface area (Å²) in [5, 5.41) is 9.54. The Morgan fingerprint density at radius 2 is 1.75 bits per heavy atom. The number of ether oxygens (including phenoxy) is 1. The van der Waals surface area contributed by atoms with Crippen LogP contribution in [-0.2, 0) is 33.7 Å². The van der Waals surface area contributed by atoms with Crippen LogP contribution in [0.4, 0.5) is 37.8 Å². The van der Waals surface area contributed by atoms with Gasteiger partial charge in [-0.1, -0.05) is 23.9 Å². The van der Waals surface area contributed by atoms with Gasteiger partial charge in [-0.25, -0.2) is 0 Å². The number of carbonyl (C=O) groups excluding carboxylic acids is 2. The minimum atomic E-state index is -5.37. The highest BCUT2D eigenvalue weighted by molar-refractivity contribution is 7.99. The van der Waals surface area contributed by atoms with Gasteiger partial charge in [-0.15, -0.1) is 0 Å². The molecule has 15 heteroatoms. The number of hydrogen-bond acceptors (Lipinski definition) is 6. The number of benzene rings is 2. The van der Waals surface area contributed by atoms with Gasteiger partial charge >= 0.3 is 12.4 Å². The van der Waals surface area contributed by atoms with Gasteiger partial charge in [0.1, 0.15) is 12.4 Å². The first-order chi connectivity index (χ1) is 20.8. The molecule has 0 bridgehead atoms. The number of alkyl halides is 6. The van der Waals surface area contributed by atoms with Crippen molar-refractivity contribution in [1.29, 1.82) is 0 Å². The van der Waals surface area contributed by atoms with E-state index in [4.69, 9.17) is 4.74 Å². The summed E-state index contributed by atoms with van der Waals surface area (Å²) in [7, 11) is 2.97. The second-order valence-electron chi connectivity index (χ2n) is 9.92. The van der Waals surface area contributed by atoms with Gasteiger partial charge in [0.05, 0.1) is 17.3 Å². The molecule has 1 aliphatic heterocycles. The molecule has 8 nitrogen and oxygen atoms in total. The molecule has 2 heterocycles. The van der Waals surface area contributed by atoms with E-state index in [0.717, 1.165) is 18.2 Å². The molecule has 1 fully saturated rings. The van der Waals surface area contributed by atoms with Crippen LogP contribution < -0.4 is 10.6 Å². The van der Waals surface area contributed by atoms with Crippen molar-refractivity contribution in [2.75, 3.05) is 37.4 Å². The molecule has 3 aromatic rings. The Kier molecular flexibility index (Phi) is 10.3. The van der Waals surface area contributed by atoms with Crippen molar-refractivity contribution < 1.29 is 40.7 Å². The summed E-state index contributed by atoms with van der Waals surface area (Å²) in [6, 6.07) is 9.69. The first-order valence-corrected chi connectivity index (χ1v) is 14.2. The van der Waals surface area contributed by atoms with Crippen molar-refractivity contribution in [1.82, 2.24) is 14.7 Å². The molecule has 0 saturated carbocycles. The lowest BCUT2D eigenvalue weighted by molar-refractivity contribution is -0.163. The Bertz CT molecular complexity index is 1510. The van der Waals surface area contributed by atoms with Gasteiger partial charge in [-0.2, -0.15) is 31.4 Å². The van der Waals surface area contributed by atoms with Crippen LogP contribution in [0.25, 0.3) is 6.08 Å². The van der Waals surface area contributed by atoms with E-state index in [1.807, 2.05) is 0 Å². The van der Waals surface area contributed by atoms with Gasteiger partial charge < -0.3 is 20.3 Å². The zero-order valence-electron chi connectivity index (χ0n) is 23.6. The molecule has 2 aromatic carbocycles. The van der Waals surface area contributed by atoms with Crippen LogP contribution in [0.5, 0.6) is 0 Å². The fourth-order valence-electron chi connectivity index (χ4n) is 4.74. The molecule has 4 rings (SSSR count). The number of anilines is 2. The number of rotatable bonds is 9. The predicted octanol–water partition coefficient (Wildman–Crippen LogP) is 6.31. The molecule has 1 saturated heterocycles. The predicted molar refractivity (Wildman–Crippen MR) is 153 cm³/mol. The summed E-state index contributed by atoms with van der Waals surface area (Å²) >= 11 is 0.555. The second kappa shape index (κ2) is 13.8. The van der Waals surface area contributed by atoms with E-state index in [0.29, 0.717) is 54.4 Å². The maximum atomic E-state index is 14.3. The second-order valence-corrected chi connectivity index (χ2v) is 11.0. The van der Waals surface area contributed by atoms with Crippen LogP contribution in [0.2, 0.25) is 0 Å². The van der Waals surface area contributed by atoms with Gasteiger partial charge in [-0.05, 0) is 48.7 Å². The number of hydrogen-bond donors (Lipinski definition) is 2. The lowest BCUT2D eigenvalue weighted by Gasteiger charge is -2.32. The molecule has 1 aromatic heterocycles. The van der Waals surface area contributed by atoms with E-state index in [1.165, 1.54) is 37.2 Å². The third kappa shape index (κ3) is 8.34. The van der Waals surface area contributed by atoms with E-state index in [9.17, 15) is 35.9 Å². The Morgan fingerprint density at radius 1 is 1.05 bits per heavy atom. The quantitative estimate of drug-likeness (QED) is 0.210. The molecule has 1 aliphatic rings. The third-order valence-electron chi connectivity index (χ3n) is 6.80. The highest BCUT2D eigenvalue weighted by Gasteiger charge is 2.46. The molecule has 0 spiro atoms. The van der Waals surface area contributed by atoms with E-state index < -0.39 is 39.8 Å². The molecule has 236 valence electrons. The number of piperidine rings is 1. The van der Waals surface area contributed by atoms with Gasteiger partial charge in [0.15, 0.2) is 0 Å². The minimum Gasteiger partial charge on any atom is -0.382 e. The summed E-state index contributed by atoms with van der Waals surface area (Å²) in [5.74, 6) is -0.708. The van der Waals surface area contributed by atoms with Crippen LogP contribution in [0.3, 0.4) is 0 Å². The first-order valence-electron chi connectivity index (χ1n) is 13.4. The lowest BCUT2D eigenvalue weighted by Crippen LogP contribution is -2.43. The minimum absolute atomic E-state index is 0.00792. The average Bonchev–Trinajstić information content (AvgIpc) is 3.35. The van der Waals surface area contributed by atoms with E-state index in [-0.39, 0.29) is 24.4 Å². The standard InChI is InChI=1S/C29H29F6N5O3S/c1-39-23(10-13-36-39)38-24(41)9-7-18-6-8-22(27(29(33,34)35)26(18)28(30,31)32)44-21-5-3-4-20(16-21)37-19-11-14-40(15-12-19)25(42)17-43-2/h3-10,13,16,19,37H,11-12,14-15,17H2,1-2H3,(H,38,41)/b9-7+. The Morgan fingerprint density at radius 3 is 2.36 bits per heavy atom. The van der Waals surface area contributed by atoms with Crippen LogP contribution in [0.1, 0.15) is 29.5 Å². The topological polar surface area (TPSA) is 88.5 Å². The summed E-state index contributed by atoms with van der Waals surface area (Å²) < 4.78 is 91.6. The summed E-state index contributed by atoms with van der Waals surface area (Å²) in [6.07, 6.45) is -6.63. The fraction of sp³-hybridized carbons (Fsp3) is 0.345. The number of aryl methyl sites for hydroxylation is 1. The van der Waals surface area contributed by atoms with Crippen LogP contribution in [0, 0.1) is 0 Å². The highest BCUT2D eigenvalue weighted by Crippen LogP contribution is 2.48. The van der Waals surface area contributed by atoms with E-state index in [1.54, 1.807) is 23.1 Å². The van der Waals surface area contributed by atoms with Crippen molar-refractivity contribution >= 4 is 41.2 Å². The number of likely N-dealkylation sites (tertiary alicyclic amines) is 1. The number of carbonyl (C=O) groups is 2. The fourth-order valence-corrected chi connectivity index (χ4v) is 5.78. The highest BCUT2D eigenvalue weighted by atomic mass is 32.2. The summed E-state index contributed by atoms with van der Waals surface area (Å²) in [4.78, 5) is 25.6. The molecule has 0 aliphatic carbocycles. The van der Waals surface area contributed by atoms with E-state index in [2.05, 4.69) is 15.7 Å². The number of aromatic nitrogens is 2. The van der Waals surface area contributed by atoms with Crippen molar-refractivity contribution in [2.24, 2.45) is 7.05 Å². The largest absolute Gasteiger partial charge is 0.418 e. The molecular weight excluding hydrogens is 612 g/mol. The molecule has 0 atom stereocenters. The molecular formula is C29H29F6N5O3S. The van der Waals surface area contributed by atoms with Gasteiger partial charge in [0.25, 0.3) is 0 Å². The third-order valence-corrected chi connectivity index (χ3v) is 7.85. The molecule has 0 radical (unpaired) electrons. The number of halogens is 6. The van der Waals surface area contributed by atoms with Gasteiger partial charge in [0, 0.05) is 60.9 Å². The summed E-state index contributed by atoms with van der Waals surface area (Å²) in [5.41, 5.74) is -3.94. The lowest BCUT2D eigenvalue weighted by atomic mass is 9.99. The molecule has 2 N–H and O–H groups in total. The van der Waals surface area contributed by atoms with Gasteiger partial charge in [-0.3, -0.25) is 14.3 Å². The monoisotopic (exact) mass is 641 g/mol. The first kappa shape index (κ1) is 32.9. The van der Waals surface area contributed by atoms with E-state index >= 15 is 0 Å². The van der Waals surface area contributed by atoms with Crippen LogP contribution in [-0.4, -0.2) is 59.3 Å². The number of methoxy groups -OCH3 is 1. The average molecular weight is 642 g/mol. The number of nitrogens with zero attached hydrogens (tertiary/aromatic N) is 3.